The molecule has 0 atom stereocenters. The number of nitrogens with zero attached hydrogens (tertiary/aromatic N) is 6. The zero-order valence-electron chi connectivity index (χ0n) is 18.6. The number of hydrogen-bond donors (Lipinski definition) is 1. The molecule has 4 heterocycles. The SMILES string of the molecule is CCS(=O)(=O)N1CC(CC#N)(n2cc(-c3nc(NC4CCCCC4)nc4ccsc34)cn2)C1. The first kappa shape index (κ1) is 22.3. The Morgan fingerprint density at radius 1 is 1.27 bits per heavy atom. The van der Waals surface area contributed by atoms with Crippen LogP contribution in [0.5, 0.6) is 0 Å². The summed E-state index contributed by atoms with van der Waals surface area (Å²) in [5.74, 6) is 0.680. The molecule has 0 radical (unpaired) electrons. The Balaban J connectivity index is 1.46. The van der Waals surface area contributed by atoms with E-state index in [2.05, 4.69) is 16.5 Å². The maximum atomic E-state index is 12.2. The highest BCUT2D eigenvalue weighted by Crippen LogP contribution is 2.37. The number of nitriles is 1. The van der Waals surface area contributed by atoms with Gasteiger partial charge in [0.2, 0.25) is 16.0 Å². The molecule has 3 aromatic heterocycles. The molecule has 0 unspecified atom stereocenters. The second-order valence-corrected chi connectivity index (χ2v) is 12.1. The first-order valence-electron chi connectivity index (χ1n) is 11.4. The number of hydrogen-bond acceptors (Lipinski definition) is 8. The average molecular weight is 486 g/mol. The van der Waals surface area contributed by atoms with E-state index in [-0.39, 0.29) is 25.3 Å². The van der Waals surface area contributed by atoms with E-state index in [4.69, 9.17) is 9.97 Å². The van der Waals surface area contributed by atoms with Crippen molar-refractivity contribution >= 4 is 37.5 Å². The van der Waals surface area contributed by atoms with Crippen molar-refractivity contribution in [2.45, 2.75) is 57.0 Å². The van der Waals surface area contributed by atoms with Gasteiger partial charge in [0, 0.05) is 30.9 Å². The maximum absolute atomic E-state index is 12.2. The molecule has 0 aromatic carbocycles. The fourth-order valence-electron chi connectivity index (χ4n) is 4.73. The Bertz CT molecular complexity index is 1300. The second-order valence-electron chi connectivity index (χ2n) is 8.91. The lowest BCUT2D eigenvalue weighted by molar-refractivity contribution is 0.0719. The van der Waals surface area contributed by atoms with Gasteiger partial charge in [-0.25, -0.2) is 18.4 Å². The fourth-order valence-corrected chi connectivity index (χ4v) is 6.81. The minimum Gasteiger partial charge on any atom is -0.351 e. The molecule has 1 aliphatic heterocycles. The largest absolute Gasteiger partial charge is 0.351 e. The third-order valence-corrected chi connectivity index (χ3v) is 9.38. The van der Waals surface area contributed by atoms with Gasteiger partial charge in [-0.1, -0.05) is 19.3 Å². The van der Waals surface area contributed by atoms with Crippen molar-refractivity contribution in [2.75, 3.05) is 24.2 Å². The zero-order chi connectivity index (χ0) is 23.1. The molecule has 5 rings (SSSR count). The van der Waals surface area contributed by atoms with Gasteiger partial charge in [-0.15, -0.1) is 11.3 Å². The molecule has 1 N–H and O–H groups in total. The van der Waals surface area contributed by atoms with E-state index < -0.39 is 15.6 Å². The van der Waals surface area contributed by atoms with Crippen LogP contribution in [0, 0.1) is 11.3 Å². The van der Waals surface area contributed by atoms with E-state index in [9.17, 15) is 13.7 Å². The molecule has 174 valence electrons. The lowest BCUT2D eigenvalue weighted by atomic mass is 9.89. The molecule has 1 saturated heterocycles. The van der Waals surface area contributed by atoms with Gasteiger partial charge in [-0.05, 0) is 31.2 Å². The van der Waals surface area contributed by atoms with Gasteiger partial charge in [0.1, 0.15) is 5.54 Å². The molecule has 1 saturated carbocycles. The summed E-state index contributed by atoms with van der Waals surface area (Å²) in [7, 11) is -3.29. The van der Waals surface area contributed by atoms with Crippen LogP contribution >= 0.6 is 11.3 Å². The van der Waals surface area contributed by atoms with Crippen molar-refractivity contribution in [3.05, 3.63) is 23.8 Å². The summed E-state index contributed by atoms with van der Waals surface area (Å²) in [6, 6.07) is 4.60. The standard InChI is InChI=1S/C22H27N7O2S2/c1-2-33(30,31)28-14-22(15-28,9-10-23)29-13-16(12-24-29)19-20-18(8-11-32-20)26-21(27-19)25-17-6-4-3-5-7-17/h8,11-13,17H,2-7,9,14-15H2,1H3,(H,25,26,27). The number of sulfonamides is 1. The first-order chi connectivity index (χ1) is 15.9. The van der Waals surface area contributed by atoms with E-state index in [1.165, 1.54) is 23.6 Å². The number of nitrogens with one attached hydrogen (secondary N) is 1. The second kappa shape index (κ2) is 8.66. The molecule has 0 amide bonds. The van der Waals surface area contributed by atoms with Crippen LogP contribution in [0.25, 0.3) is 21.5 Å². The highest BCUT2D eigenvalue weighted by molar-refractivity contribution is 7.89. The molecule has 11 heteroatoms. The number of rotatable bonds is 7. The first-order valence-corrected chi connectivity index (χ1v) is 13.8. The zero-order valence-corrected chi connectivity index (χ0v) is 20.2. The van der Waals surface area contributed by atoms with Crippen LogP contribution in [0.3, 0.4) is 0 Å². The Morgan fingerprint density at radius 3 is 2.79 bits per heavy atom. The summed E-state index contributed by atoms with van der Waals surface area (Å²) in [4.78, 5) is 9.57. The summed E-state index contributed by atoms with van der Waals surface area (Å²) in [6.07, 6.45) is 9.83. The minimum absolute atomic E-state index is 0.0497. The Labute approximate surface area is 197 Å². The quantitative estimate of drug-likeness (QED) is 0.544. The molecular weight excluding hydrogens is 458 g/mol. The number of thiophene rings is 1. The van der Waals surface area contributed by atoms with Crippen LogP contribution in [0.4, 0.5) is 5.95 Å². The molecule has 9 nitrogen and oxygen atoms in total. The van der Waals surface area contributed by atoms with Crippen LogP contribution in [-0.2, 0) is 15.6 Å². The number of aromatic nitrogens is 4. The molecular formula is C22H27N7O2S2. The summed E-state index contributed by atoms with van der Waals surface area (Å²) in [5, 5.41) is 19.5. The van der Waals surface area contributed by atoms with E-state index in [1.807, 2.05) is 17.6 Å². The van der Waals surface area contributed by atoms with Crippen molar-refractivity contribution in [2.24, 2.45) is 0 Å². The van der Waals surface area contributed by atoms with E-state index in [0.717, 1.165) is 34.3 Å². The maximum Gasteiger partial charge on any atom is 0.224 e. The monoisotopic (exact) mass is 485 g/mol. The summed E-state index contributed by atoms with van der Waals surface area (Å²) in [6.45, 7) is 2.14. The van der Waals surface area contributed by atoms with Gasteiger partial charge in [0.25, 0.3) is 0 Å². The van der Waals surface area contributed by atoms with Crippen molar-refractivity contribution in [1.82, 2.24) is 24.1 Å². The average Bonchev–Trinajstić information content (AvgIpc) is 3.46. The van der Waals surface area contributed by atoms with E-state index >= 15 is 0 Å². The minimum atomic E-state index is -3.29. The Morgan fingerprint density at radius 2 is 2.06 bits per heavy atom. The normalized spacial score (nSPS) is 19.3. The van der Waals surface area contributed by atoms with E-state index in [0.29, 0.717) is 12.0 Å². The highest BCUT2D eigenvalue weighted by atomic mass is 32.2. The molecule has 3 aromatic rings. The van der Waals surface area contributed by atoms with Crippen molar-refractivity contribution in [3.63, 3.8) is 0 Å². The van der Waals surface area contributed by atoms with Crippen LogP contribution < -0.4 is 5.32 Å². The third-order valence-electron chi connectivity index (χ3n) is 6.69. The lowest BCUT2D eigenvalue weighted by Crippen LogP contribution is -2.64. The molecule has 33 heavy (non-hydrogen) atoms. The van der Waals surface area contributed by atoms with Crippen molar-refractivity contribution < 1.29 is 8.42 Å². The fraction of sp³-hybridized carbons (Fsp3) is 0.545. The Hall–Kier alpha value is -2.55. The topological polar surface area (TPSA) is 117 Å². The third kappa shape index (κ3) is 4.11. The van der Waals surface area contributed by atoms with Gasteiger partial charge >= 0.3 is 0 Å². The van der Waals surface area contributed by atoms with Crippen molar-refractivity contribution in [3.8, 4) is 17.3 Å². The number of anilines is 1. The molecule has 1 aliphatic carbocycles. The van der Waals surface area contributed by atoms with Crippen LogP contribution in [-0.4, -0.2) is 57.4 Å². The van der Waals surface area contributed by atoms with Crippen LogP contribution in [0.15, 0.2) is 23.8 Å². The molecule has 2 aliphatic rings. The summed E-state index contributed by atoms with van der Waals surface area (Å²) < 4.78 is 28.7. The molecule has 0 bridgehead atoms. The van der Waals surface area contributed by atoms with Gasteiger partial charge in [-0.2, -0.15) is 14.7 Å². The van der Waals surface area contributed by atoms with Gasteiger partial charge < -0.3 is 5.32 Å². The summed E-state index contributed by atoms with van der Waals surface area (Å²) in [5.41, 5.74) is 1.89. The Kier molecular flexibility index (Phi) is 5.84. The van der Waals surface area contributed by atoms with E-state index in [1.54, 1.807) is 29.1 Å². The van der Waals surface area contributed by atoms with Crippen LogP contribution in [0.1, 0.15) is 45.4 Å². The van der Waals surface area contributed by atoms with Crippen molar-refractivity contribution in [1.29, 1.82) is 5.26 Å². The predicted molar refractivity (Wildman–Crippen MR) is 128 cm³/mol. The predicted octanol–water partition coefficient (Wildman–Crippen LogP) is 3.57. The van der Waals surface area contributed by atoms with Gasteiger partial charge in [0.15, 0.2) is 0 Å². The van der Waals surface area contributed by atoms with Gasteiger partial charge in [0.05, 0.1) is 40.4 Å². The molecule has 0 spiro atoms. The highest BCUT2D eigenvalue weighted by Gasteiger charge is 2.49. The molecule has 2 fully saturated rings. The van der Waals surface area contributed by atoms with Gasteiger partial charge in [-0.3, -0.25) is 4.68 Å². The smallest absolute Gasteiger partial charge is 0.224 e. The lowest BCUT2D eigenvalue weighted by Gasteiger charge is -2.47. The number of fused-ring (bicyclic) bond motifs is 1. The van der Waals surface area contributed by atoms with Crippen LogP contribution in [0.2, 0.25) is 0 Å². The summed E-state index contributed by atoms with van der Waals surface area (Å²) >= 11 is 1.59.